The Kier molecular flexibility index (Phi) is 4.21. The Balaban J connectivity index is 1.92. The van der Waals surface area contributed by atoms with E-state index in [9.17, 15) is 9.59 Å². The van der Waals surface area contributed by atoms with Crippen LogP contribution in [-0.4, -0.2) is 30.4 Å². The number of fused-ring (bicyclic) bond motifs is 1. The SMILES string of the molecule is CCC(C)(CNC(=O)Nc1ccc2c(c1)OCO2)C(=O)O. The van der Waals surface area contributed by atoms with E-state index in [0.29, 0.717) is 23.6 Å². The van der Waals surface area contributed by atoms with Crippen LogP contribution in [0.2, 0.25) is 0 Å². The number of nitrogens with one attached hydrogen (secondary N) is 2. The molecule has 0 aromatic heterocycles. The fraction of sp³-hybridized carbons (Fsp3) is 0.429. The van der Waals surface area contributed by atoms with E-state index in [-0.39, 0.29) is 13.3 Å². The average molecular weight is 294 g/mol. The van der Waals surface area contributed by atoms with Crippen LogP contribution in [-0.2, 0) is 4.79 Å². The van der Waals surface area contributed by atoms with Crippen LogP contribution in [0.1, 0.15) is 20.3 Å². The quantitative estimate of drug-likeness (QED) is 0.772. The molecule has 1 atom stereocenters. The molecule has 3 N–H and O–H groups in total. The summed E-state index contributed by atoms with van der Waals surface area (Å²) in [5, 5.41) is 14.3. The van der Waals surface area contributed by atoms with E-state index >= 15 is 0 Å². The first-order valence-corrected chi connectivity index (χ1v) is 6.62. The average Bonchev–Trinajstić information content (AvgIpc) is 2.92. The number of anilines is 1. The molecule has 2 rings (SSSR count). The van der Waals surface area contributed by atoms with E-state index in [1.807, 2.05) is 0 Å². The van der Waals surface area contributed by atoms with E-state index in [1.54, 1.807) is 32.0 Å². The third-order valence-electron chi connectivity index (χ3n) is 3.57. The second kappa shape index (κ2) is 5.90. The molecular formula is C14H18N2O5. The topological polar surface area (TPSA) is 96.9 Å². The van der Waals surface area contributed by atoms with Crippen molar-refractivity contribution in [2.24, 2.45) is 5.41 Å². The number of urea groups is 1. The summed E-state index contributed by atoms with van der Waals surface area (Å²) >= 11 is 0. The number of ether oxygens (including phenoxy) is 2. The third-order valence-corrected chi connectivity index (χ3v) is 3.57. The van der Waals surface area contributed by atoms with Crippen LogP contribution >= 0.6 is 0 Å². The van der Waals surface area contributed by atoms with Gasteiger partial charge in [-0.25, -0.2) is 4.79 Å². The van der Waals surface area contributed by atoms with Crippen LogP contribution in [0.25, 0.3) is 0 Å². The molecule has 0 bridgehead atoms. The van der Waals surface area contributed by atoms with Crippen LogP contribution in [0.5, 0.6) is 11.5 Å². The highest BCUT2D eigenvalue weighted by Gasteiger charge is 2.31. The van der Waals surface area contributed by atoms with Gasteiger partial charge in [0.2, 0.25) is 6.79 Å². The number of carboxylic acid groups (broad SMARTS) is 1. The predicted octanol–water partition coefficient (Wildman–Crippen LogP) is 2.04. The number of hydrogen-bond donors (Lipinski definition) is 3. The van der Waals surface area contributed by atoms with Gasteiger partial charge in [-0.15, -0.1) is 0 Å². The molecule has 1 aromatic rings. The number of amides is 2. The maximum Gasteiger partial charge on any atom is 0.319 e. The molecule has 114 valence electrons. The zero-order valence-corrected chi connectivity index (χ0v) is 11.9. The van der Waals surface area contributed by atoms with Crippen molar-refractivity contribution >= 4 is 17.7 Å². The first-order chi connectivity index (χ1) is 9.94. The number of carbonyl (C=O) groups is 2. The molecule has 7 heteroatoms. The molecule has 1 unspecified atom stereocenters. The van der Waals surface area contributed by atoms with Crippen LogP contribution in [0.3, 0.4) is 0 Å². The maximum atomic E-state index is 11.8. The summed E-state index contributed by atoms with van der Waals surface area (Å²) in [4.78, 5) is 23.0. The lowest BCUT2D eigenvalue weighted by atomic mass is 9.88. The molecule has 0 fully saturated rings. The van der Waals surface area contributed by atoms with Crippen molar-refractivity contribution in [2.45, 2.75) is 20.3 Å². The van der Waals surface area contributed by atoms with E-state index in [0.717, 1.165) is 0 Å². The van der Waals surface area contributed by atoms with Crippen LogP contribution in [0.15, 0.2) is 18.2 Å². The second-order valence-corrected chi connectivity index (χ2v) is 5.10. The van der Waals surface area contributed by atoms with Gasteiger partial charge in [-0.05, 0) is 25.5 Å². The maximum absolute atomic E-state index is 11.8. The number of benzene rings is 1. The Morgan fingerprint density at radius 1 is 1.33 bits per heavy atom. The highest BCUT2D eigenvalue weighted by Crippen LogP contribution is 2.34. The number of carbonyl (C=O) groups excluding carboxylic acids is 1. The van der Waals surface area contributed by atoms with Crippen molar-refractivity contribution in [1.29, 1.82) is 0 Å². The lowest BCUT2D eigenvalue weighted by Crippen LogP contribution is -2.42. The van der Waals surface area contributed by atoms with E-state index in [2.05, 4.69) is 10.6 Å². The monoisotopic (exact) mass is 294 g/mol. The van der Waals surface area contributed by atoms with Crippen molar-refractivity contribution < 1.29 is 24.2 Å². The second-order valence-electron chi connectivity index (χ2n) is 5.10. The minimum atomic E-state index is -0.980. The van der Waals surface area contributed by atoms with E-state index < -0.39 is 17.4 Å². The summed E-state index contributed by atoms with van der Waals surface area (Å²) in [7, 11) is 0. The number of aliphatic carboxylic acids is 1. The predicted molar refractivity (Wildman–Crippen MR) is 75.6 cm³/mol. The molecule has 2 amide bonds. The summed E-state index contributed by atoms with van der Waals surface area (Å²) in [6, 6.07) is 4.57. The highest BCUT2D eigenvalue weighted by atomic mass is 16.7. The summed E-state index contributed by atoms with van der Waals surface area (Å²) in [6.07, 6.45) is 0.423. The van der Waals surface area contributed by atoms with Crippen LogP contribution in [0, 0.1) is 5.41 Å². The van der Waals surface area contributed by atoms with Gasteiger partial charge in [0.25, 0.3) is 0 Å². The van der Waals surface area contributed by atoms with Crippen molar-refractivity contribution in [1.82, 2.24) is 5.32 Å². The van der Waals surface area contributed by atoms with Crippen molar-refractivity contribution in [3.8, 4) is 11.5 Å². The van der Waals surface area contributed by atoms with Gasteiger partial charge in [-0.2, -0.15) is 0 Å². The molecule has 0 saturated heterocycles. The molecule has 1 aromatic carbocycles. The van der Waals surface area contributed by atoms with Gasteiger partial charge in [-0.3, -0.25) is 4.79 Å². The van der Waals surface area contributed by atoms with Gasteiger partial charge in [0.05, 0.1) is 5.41 Å². The van der Waals surface area contributed by atoms with E-state index in [4.69, 9.17) is 14.6 Å². The van der Waals surface area contributed by atoms with Crippen molar-refractivity contribution in [2.75, 3.05) is 18.7 Å². The third kappa shape index (κ3) is 3.36. The van der Waals surface area contributed by atoms with E-state index in [1.165, 1.54) is 0 Å². The zero-order chi connectivity index (χ0) is 15.5. The number of rotatable bonds is 5. The largest absolute Gasteiger partial charge is 0.481 e. The molecule has 1 heterocycles. The summed E-state index contributed by atoms with van der Waals surface area (Å²) in [5.41, 5.74) is -0.433. The molecule has 0 saturated carbocycles. The Morgan fingerprint density at radius 3 is 2.71 bits per heavy atom. The lowest BCUT2D eigenvalue weighted by molar-refractivity contribution is -0.147. The first-order valence-electron chi connectivity index (χ1n) is 6.62. The molecular weight excluding hydrogens is 276 g/mol. The number of carboxylic acids is 1. The minimum absolute atomic E-state index is 0.0508. The smallest absolute Gasteiger partial charge is 0.319 e. The van der Waals surface area contributed by atoms with Gasteiger partial charge in [-0.1, -0.05) is 6.92 Å². The van der Waals surface area contributed by atoms with Crippen molar-refractivity contribution in [3.05, 3.63) is 18.2 Å². The standard InChI is InChI=1S/C14H18N2O5/c1-3-14(2,12(17)18)7-15-13(19)16-9-4-5-10-11(6-9)21-8-20-10/h4-6H,3,7-8H2,1-2H3,(H,17,18)(H2,15,16,19). The summed E-state index contributed by atoms with van der Waals surface area (Å²) in [5.74, 6) is 0.260. The van der Waals surface area contributed by atoms with Crippen LogP contribution < -0.4 is 20.1 Å². The minimum Gasteiger partial charge on any atom is -0.481 e. The zero-order valence-electron chi connectivity index (χ0n) is 11.9. The van der Waals surface area contributed by atoms with Gasteiger partial charge in [0.1, 0.15) is 0 Å². The Morgan fingerprint density at radius 2 is 2.05 bits per heavy atom. The molecule has 1 aliphatic heterocycles. The van der Waals surface area contributed by atoms with Gasteiger partial charge >= 0.3 is 12.0 Å². The molecule has 0 radical (unpaired) electrons. The van der Waals surface area contributed by atoms with Crippen molar-refractivity contribution in [3.63, 3.8) is 0 Å². The molecule has 21 heavy (non-hydrogen) atoms. The van der Waals surface area contributed by atoms with Gasteiger partial charge in [0, 0.05) is 18.3 Å². The summed E-state index contributed by atoms with van der Waals surface area (Å²) in [6.45, 7) is 3.58. The fourth-order valence-electron chi connectivity index (χ4n) is 1.78. The summed E-state index contributed by atoms with van der Waals surface area (Å²) < 4.78 is 10.4. The van der Waals surface area contributed by atoms with Gasteiger partial charge < -0.3 is 25.2 Å². The normalized spacial score (nSPS) is 15.1. The Labute approximate surface area is 122 Å². The number of hydrogen-bond acceptors (Lipinski definition) is 4. The Bertz CT molecular complexity index is 560. The molecule has 0 spiro atoms. The Hall–Kier alpha value is -2.44. The lowest BCUT2D eigenvalue weighted by Gasteiger charge is -2.23. The molecule has 1 aliphatic rings. The van der Waals surface area contributed by atoms with Crippen LogP contribution in [0.4, 0.5) is 10.5 Å². The first kappa shape index (κ1) is 15.0. The molecule has 0 aliphatic carbocycles. The highest BCUT2D eigenvalue weighted by molar-refractivity contribution is 5.90. The fourth-order valence-corrected chi connectivity index (χ4v) is 1.78. The van der Waals surface area contributed by atoms with Gasteiger partial charge in [0.15, 0.2) is 11.5 Å². The molecule has 7 nitrogen and oxygen atoms in total.